The third kappa shape index (κ3) is 6.83. The number of rotatable bonds is 4. The molecule has 0 radical (unpaired) electrons. The summed E-state index contributed by atoms with van der Waals surface area (Å²) in [5, 5.41) is 9.74. The van der Waals surface area contributed by atoms with E-state index < -0.39 is 87.0 Å². The van der Waals surface area contributed by atoms with Gasteiger partial charge in [0.15, 0.2) is 0 Å². The number of nitrogens with zero attached hydrogens (tertiary/aromatic N) is 1. The van der Waals surface area contributed by atoms with Gasteiger partial charge in [0, 0.05) is 5.56 Å². The Labute approximate surface area is 220 Å². The van der Waals surface area contributed by atoms with Gasteiger partial charge in [0.1, 0.15) is 5.75 Å². The molecule has 0 saturated heterocycles. The Kier molecular flexibility index (Phi) is 7.73. The normalized spacial score (nSPS) is 12.8. The van der Waals surface area contributed by atoms with E-state index >= 15 is 0 Å². The van der Waals surface area contributed by atoms with Gasteiger partial charge in [-0.05, 0) is 54.6 Å². The van der Waals surface area contributed by atoms with E-state index in [0.29, 0.717) is 18.2 Å². The second-order valence-corrected chi connectivity index (χ2v) is 8.26. The molecule has 41 heavy (non-hydrogen) atoms. The number of primary amides is 1. The number of benzene rings is 3. The number of hydrogen-bond acceptors (Lipinski definition) is 3. The van der Waals surface area contributed by atoms with E-state index in [1.807, 2.05) is 0 Å². The minimum Gasteiger partial charge on any atom is -0.507 e. The van der Waals surface area contributed by atoms with E-state index in [4.69, 9.17) is 5.73 Å². The standard InChI is InChI=1S/C24H12F12N2O3/c25-21(26,27)11-4-12(22(28,29)30)7-15(6-11)38(20(41)10-1-2-18(39)17(3-10)19(37)40)16-8-13(23(31,32)33)5-14(9-16)24(34,35)36/h1-9,39H,(H2,37,40). The molecule has 0 heterocycles. The van der Waals surface area contributed by atoms with Crippen LogP contribution in [0.4, 0.5) is 64.1 Å². The van der Waals surface area contributed by atoms with Crippen molar-refractivity contribution < 1.29 is 67.4 Å². The molecule has 2 amide bonds. The first-order valence-corrected chi connectivity index (χ1v) is 10.6. The van der Waals surface area contributed by atoms with Crippen molar-refractivity contribution in [1.82, 2.24) is 0 Å². The summed E-state index contributed by atoms with van der Waals surface area (Å²) < 4.78 is 162. The van der Waals surface area contributed by atoms with Crippen molar-refractivity contribution in [2.45, 2.75) is 24.7 Å². The number of alkyl halides is 12. The Balaban J connectivity index is 2.46. The highest BCUT2D eigenvalue weighted by Gasteiger charge is 2.40. The van der Waals surface area contributed by atoms with Gasteiger partial charge in [-0.2, -0.15) is 52.7 Å². The Morgan fingerprint density at radius 2 is 0.927 bits per heavy atom. The van der Waals surface area contributed by atoms with Crippen LogP contribution in [0.5, 0.6) is 5.75 Å². The number of phenols is 1. The molecule has 0 unspecified atom stereocenters. The second kappa shape index (κ2) is 10.2. The maximum absolute atomic E-state index is 13.5. The van der Waals surface area contributed by atoms with Crippen LogP contribution in [0.15, 0.2) is 54.6 Å². The third-order valence-corrected chi connectivity index (χ3v) is 5.37. The van der Waals surface area contributed by atoms with Crippen LogP contribution in [-0.2, 0) is 24.7 Å². The van der Waals surface area contributed by atoms with Gasteiger partial charge in [0.25, 0.3) is 11.8 Å². The van der Waals surface area contributed by atoms with Crippen molar-refractivity contribution in [3.8, 4) is 5.75 Å². The van der Waals surface area contributed by atoms with Crippen molar-refractivity contribution in [2.75, 3.05) is 4.90 Å². The van der Waals surface area contributed by atoms with Crippen molar-refractivity contribution in [2.24, 2.45) is 5.73 Å². The van der Waals surface area contributed by atoms with E-state index in [-0.39, 0.29) is 41.3 Å². The summed E-state index contributed by atoms with van der Waals surface area (Å²) in [5.74, 6) is -4.02. The number of amides is 2. The lowest BCUT2D eigenvalue weighted by Gasteiger charge is -2.27. The average molecular weight is 604 g/mol. The highest BCUT2D eigenvalue weighted by Crippen LogP contribution is 2.43. The smallest absolute Gasteiger partial charge is 0.416 e. The molecular formula is C24H12F12N2O3. The Bertz CT molecular complexity index is 1370. The summed E-state index contributed by atoms with van der Waals surface area (Å²) in [4.78, 5) is 24.7. The van der Waals surface area contributed by atoms with Gasteiger partial charge in [-0.3, -0.25) is 14.5 Å². The first-order valence-electron chi connectivity index (χ1n) is 10.6. The molecule has 17 heteroatoms. The number of aromatic hydroxyl groups is 1. The summed E-state index contributed by atoms with van der Waals surface area (Å²) >= 11 is 0. The maximum atomic E-state index is 13.5. The fraction of sp³-hybridized carbons (Fsp3) is 0.167. The molecule has 0 saturated carbocycles. The third-order valence-electron chi connectivity index (χ3n) is 5.37. The van der Waals surface area contributed by atoms with Crippen LogP contribution in [0.3, 0.4) is 0 Å². The lowest BCUT2D eigenvalue weighted by atomic mass is 10.0. The SMILES string of the molecule is NC(=O)c1cc(C(=O)N(c2cc(C(F)(F)F)cc(C(F)(F)F)c2)c2cc(C(F)(F)F)cc(C(F)(F)F)c2)ccc1O. The summed E-state index contributed by atoms with van der Waals surface area (Å²) in [5.41, 5.74) is -7.71. The number of carbonyl (C=O) groups excluding carboxylic acids is 2. The van der Waals surface area contributed by atoms with Crippen LogP contribution in [0.25, 0.3) is 0 Å². The van der Waals surface area contributed by atoms with E-state index in [1.165, 1.54) is 0 Å². The largest absolute Gasteiger partial charge is 0.507 e. The molecule has 3 aromatic rings. The zero-order valence-corrected chi connectivity index (χ0v) is 19.5. The molecule has 0 atom stereocenters. The molecular weight excluding hydrogens is 592 g/mol. The number of anilines is 2. The van der Waals surface area contributed by atoms with Crippen LogP contribution >= 0.6 is 0 Å². The van der Waals surface area contributed by atoms with Gasteiger partial charge in [0.2, 0.25) is 0 Å². The minimum atomic E-state index is -5.52. The molecule has 3 N–H and O–H groups in total. The first kappa shape index (κ1) is 31.1. The number of carbonyl (C=O) groups is 2. The number of hydrogen-bond donors (Lipinski definition) is 2. The van der Waals surface area contributed by atoms with Crippen LogP contribution in [0.1, 0.15) is 43.0 Å². The lowest BCUT2D eigenvalue weighted by Crippen LogP contribution is -2.28. The van der Waals surface area contributed by atoms with E-state index in [2.05, 4.69) is 0 Å². The van der Waals surface area contributed by atoms with Gasteiger partial charge in [-0.1, -0.05) is 0 Å². The Morgan fingerprint density at radius 3 is 1.22 bits per heavy atom. The molecule has 0 aliphatic rings. The second-order valence-electron chi connectivity index (χ2n) is 8.26. The molecule has 0 aliphatic heterocycles. The molecule has 0 aromatic heterocycles. The zero-order chi connectivity index (χ0) is 31.3. The van der Waals surface area contributed by atoms with Crippen LogP contribution in [0, 0.1) is 0 Å². The fourth-order valence-electron chi connectivity index (χ4n) is 3.51. The molecule has 5 nitrogen and oxygen atoms in total. The van der Waals surface area contributed by atoms with E-state index in [0.717, 1.165) is 0 Å². The minimum absolute atomic E-state index is 0.101. The van der Waals surface area contributed by atoms with Gasteiger partial charge in [-0.15, -0.1) is 0 Å². The molecule has 3 aromatic carbocycles. The number of nitrogens with two attached hydrogens (primary N) is 1. The maximum Gasteiger partial charge on any atom is 0.416 e. The van der Waals surface area contributed by atoms with Gasteiger partial charge >= 0.3 is 24.7 Å². The van der Waals surface area contributed by atoms with Gasteiger partial charge in [0.05, 0.1) is 39.2 Å². The van der Waals surface area contributed by atoms with E-state index in [1.54, 1.807) is 0 Å². The predicted molar refractivity (Wildman–Crippen MR) is 116 cm³/mol. The Morgan fingerprint density at radius 1 is 0.585 bits per heavy atom. The first-order chi connectivity index (χ1) is 18.5. The molecule has 0 bridgehead atoms. The highest BCUT2D eigenvalue weighted by atomic mass is 19.4. The van der Waals surface area contributed by atoms with E-state index in [9.17, 15) is 67.4 Å². The molecule has 0 spiro atoms. The zero-order valence-electron chi connectivity index (χ0n) is 19.5. The topological polar surface area (TPSA) is 83.6 Å². The van der Waals surface area contributed by atoms with Crippen LogP contribution < -0.4 is 10.6 Å². The quantitative estimate of drug-likeness (QED) is 0.302. The number of halogens is 12. The molecule has 0 fully saturated rings. The van der Waals surface area contributed by atoms with Gasteiger partial charge in [-0.25, -0.2) is 0 Å². The highest BCUT2D eigenvalue weighted by molar-refractivity contribution is 6.12. The van der Waals surface area contributed by atoms with Crippen molar-refractivity contribution in [1.29, 1.82) is 0 Å². The molecule has 0 aliphatic carbocycles. The monoisotopic (exact) mass is 604 g/mol. The Hall–Kier alpha value is -4.44. The average Bonchev–Trinajstić information content (AvgIpc) is 2.81. The molecule has 3 rings (SSSR count). The van der Waals surface area contributed by atoms with Crippen LogP contribution in [0.2, 0.25) is 0 Å². The summed E-state index contributed by atoms with van der Waals surface area (Å²) in [6, 6.07) is 0.595. The van der Waals surface area contributed by atoms with Crippen molar-refractivity contribution in [3.63, 3.8) is 0 Å². The summed E-state index contributed by atoms with van der Waals surface area (Å²) in [7, 11) is 0. The fourth-order valence-corrected chi connectivity index (χ4v) is 3.51. The summed E-state index contributed by atoms with van der Waals surface area (Å²) in [6.45, 7) is 0. The molecule has 220 valence electrons. The van der Waals surface area contributed by atoms with Crippen LogP contribution in [-0.4, -0.2) is 16.9 Å². The van der Waals surface area contributed by atoms with Crippen molar-refractivity contribution >= 4 is 23.2 Å². The van der Waals surface area contributed by atoms with Crippen molar-refractivity contribution in [3.05, 3.63) is 88.0 Å². The summed E-state index contributed by atoms with van der Waals surface area (Å²) in [6.07, 6.45) is -22.1. The van der Waals surface area contributed by atoms with Gasteiger partial charge < -0.3 is 10.8 Å². The lowest BCUT2D eigenvalue weighted by molar-refractivity contribution is -0.144. The predicted octanol–water partition coefficient (Wildman–Crippen LogP) is 7.54.